The van der Waals surface area contributed by atoms with Crippen molar-refractivity contribution in [2.75, 3.05) is 13.7 Å². The number of carbonyl (C=O) groups is 1. The molecule has 0 bridgehead atoms. The molecule has 0 atom stereocenters. The summed E-state index contributed by atoms with van der Waals surface area (Å²) in [6.45, 7) is 3.93. The highest BCUT2D eigenvalue weighted by Crippen LogP contribution is 2.12. The first-order valence-corrected chi connectivity index (χ1v) is 3.55. The van der Waals surface area contributed by atoms with E-state index in [0.29, 0.717) is 6.42 Å². The van der Waals surface area contributed by atoms with Gasteiger partial charge in [0.05, 0.1) is 12.2 Å². The zero-order valence-corrected chi connectivity index (χ0v) is 7.49. The molecule has 72 valence electrons. The Labute approximate surface area is 71.2 Å². The number of carboxylic acid groups (broad SMARTS) is 1. The van der Waals surface area contributed by atoms with E-state index < -0.39 is 6.16 Å². The van der Waals surface area contributed by atoms with Crippen LogP contribution in [0.4, 0.5) is 4.79 Å². The summed E-state index contributed by atoms with van der Waals surface area (Å²) in [6, 6.07) is 0. The Morgan fingerprint density at radius 3 is 2.50 bits per heavy atom. The van der Waals surface area contributed by atoms with Crippen LogP contribution in [0.25, 0.3) is 0 Å². The van der Waals surface area contributed by atoms with Crippen molar-refractivity contribution < 1.29 is 24.4 Å². The van der Waals surface area contributed by atoms with Crippen LogP contribution in [0.5, 0.6) is 0 Å². The van der Waals surface area contributed by atoms with Crippen LogP contribution in [0.1, 0.15) is 20.3 Å². The van der Waals surface area contributed by atoms with Gasteiger partial charge in [-0.25, -0.2) is 4.79 Å². The molecule has 0 rings (SSSR count). The Balaban J connectivity index is 3.37. The molecule has 0 aromatic heterocycles. The summed E-state index contributed by atoms with van der Waals surface area (Å²) in [4.78, 5) is 18.0. The van der Waals surface area contributed by atoms with E-state index in [1.165, 1.54) is 0 Å². The van der Waals surface area contributed by atoms with Crippen molar-refractivity contribution in [3.05, 3.63) is 0 Å². The Morgan fingerprint density at radius 2 is 2.08 bits per heavy atom. The van der Waals surface area contributed by atoms with Gasteiger partial charge in [-0.05, 0) is 13.8 Å². The summed E-state index contributed by atoms with van der Waals surface area (Å²) in [5.74, 6) is 0. The molecular weight excluding hydrogens is 164 g/mol. The summed E-state index contributed by atoms with van der Waals surface area (Å²) < 4.78 is 5.06. The Bertz CT molecular complexity index is 143. The van der Waals surface area contributed by atoms with Gasteiger partial charge in [0, 0.05) is 13.5 Å². The topological polar surface area (TPSA) is 65.0 Å². The van der Waals surface area contributed by atoms with Crippen LogP contribution in [0.15, 0.2) is 0 Å². The van der Waals surface area contributed by atoms with E-state index in [-0.39, 0.29) is 12.2 Å². The van der Waals surface area contributed by atoms with Crippen molar-refractivity contribution >= 4 is 6.16 Å². The van der Waals surface area contributed by atoms with Gasteiger partial charge in [-0.15, -0.1) is 0 Å². The summed E-state index contributed by atoms with van der Waals surface area (Å²) in [5.41, 5.74) is -0.318. The average Bonchev–Trinajstić information content (AvgIpc) is 1.98. The van der Waals surface area contributed by atoms with Crippen LogP contribution < -0.4 is 0 Å². The highest BCUT2D eigenvalue weighted by Gasteiger charge is 2.16. The van der Waals surface area contributed by atoms with Crippen LogP contribution in [0.2, 0.25) is 0 Å². The van der Waals surface area contributed by atoms with E-state index in [0.717, 1.165) is 0 Å². The molecule has 5 heteroatoms. The Hall–Kier alpha value is -0.810. The number of methoxy groups -OCH3 is 1. The van der Waals surface area contributed by atoms with Crippen molar-refractivity contribution in [3.8, 4) is 0 Å². The molecule has 0 saturated carbocycles. The second kappa shape index (κ2) is 4.95. The van der Waals surface area contributed by atoms with E-state index in [4.69, 9.17) is 9.84 Å². The lowest BCUT2D eigenvalue weighted by atomic mass is 10.1. The smallest absolute Gasteiger partial charge is 0.448 e. The van der Waals surface area contributed by atoms with Gasteiger partial charge < -0.3 is 9.84 Å². The van der Waals surface area contributed by atoms with E-state index in [2.05, 4.69) is 9.78 Å². The normalized spacial score (nSPS) is 11.2. The van der Waals surface area contributed by atoms with Crippen LogP contribution in [0.3, 0.4) is 0 Å². The fourth-order valence-electron chi connectivity index (χ4n) is 0.482. The highest BCUT2D eigenvalue weighted by atomic mass is 17.2. The average molecular weight is 178 g/mol. The van der Waals surface area contributed by atoms with Gasteiger partial charge in [-0.2, -0.15) is 4.89 Å². The first kappa shape index (κ1) is 11.2. The third-order valence-electron chi connectivity index (χ3n) is 1.47. The van der Waals surface area contributed by atoms with Crippen molar-refractivity contribution in [3.63, 3.8) is 0 Å². The fourth-order valence-corrected chi connectivity index (χ4v) is 0.482. The molecule has 0 aliphatic rings. The lowest BCUT2D eigenvalue weighted by Gasteiger charge is -2.21. The quantitative estimate of drug-likeness (QED) is 0.392. The van der Waals surface area contributed by atoms with Crippen molar-refractivity contribution in [2.24, 2.45) is 0 Å². The summed E-state index contributed by atoms with van der Waals surface area (Å²) in [5, 5.41) is 8.02. The summed E-state index contributed by atoms with van der Waals surface area (Å²) in [6.07, 6.45) is -0.873. The predicted molar refractivity (Wildman–Crippen MR) is 40.8 cm³/mol. The van der Waals surface area contributed by atoms with E-state index >= 15 is 0 Å². The van der Waals surface area contributed by atoms with E-state index in [1.807, 2.05) is 13.8 Å². The molecule has 0 spiro atoms. The second-order valence-corrected chi connectivity index (χ2v) is 2.89. The largest absolute Gasteiger partial charge is 0.537 e. The molecule has 0 aromatic carbocycles. The summed E-state index contributed by atoms with van der Waals surface area (Å²) in [7, 11) is 1.58. The van der Waals surface area contributed by atoms with Crippen molar-refractivity contribution in [1.82, 2.24) is 0 Å². The lowest BCUT2D eigenvalue weighted by Crippen LogP contribution is -2.24. The summed E-state index contributed by atoms with van der Waals surface area (Å²) >= 11 is 0. The molecule has 5 nitrogen and oxygen atoms in total. The van der Waals surface area contributed by atoms with Gasteiger partial charge in [0.25, 0.3) is 0 Å². The SMILES string of the molecule is COC(C)(C)CCOOC(=O)O. The number of hydrogen-bond donors (Lipinski definition) is 1. The number of ether oxygens (including phenoxy) is 1. The van der Waals surface area contributed by atoms with E-state index in [9.17, 15) is 4.79 Å². The van der Waals surface area contributed by atoms with Crippen LogP contribution in [0, 0.1) is 0 Å². The number of rotatable bonds is 5. The molecule has 0 unspecified atom stereocenters. The van der Waals surface area contributed by atoms with Gasteiger partial charge in [0.1, 0.15) is 0 Å². The maximum absolute atomic E-state index is 9.81. The molecule has 0 aliphatic carbocycles. The number of hydrogen-bond acceptors (Lipinski definition) is 4. The first-order chi connectivity index (χ1) is 5.48. The molecule has 0 amide bonds. The van der Waals surface area contributed by atoms with Crippen molar-refractivity contribution in [2.45, 2.75) is 25.9 Å². The van der Waals surface area contributed by atoms with Crippen LogP contribution >= 0.6 is 0 Å². The predicted octanol–water partition coefficient (Wildman–Crippen LogP) is 1.43. The lowest BCUT2D eigenvalue weighted by molar-refractivity contribution is -0.256. The Morgan fingerprint density at radius 1 is 1.50 bits per heavy atom. The minimum absolute atomic E-state index is 0.188. The standard InChI is InChI=1S/C7H14O5/c1-7(2,10-3)4-5-11-12-6(8)9/h4-5H2,1-3H3,(H,8,9). The second-order valence-electron chi connectivity index (χ2n) is 2.89. The van der Waals surface area contributed by atoms with Gasteiger partial charge in [-0.1, -0.05) is 0 Å². The molecule has 0 heterocycles. The minimum atomic E-state index is -1.44. The zero-order valence-electron chi connectivity index (χ0n) is 7.49. The maximum Gasteiger partial charge on any atom is 0.537 e. The van der Waals surface area contributed by atoms with Crippen LogP contribution in [-0.4, -0.2) is 30.6 Å². The highest BCUT2D eigenvalue weighted by molar-refractivity contribution is 5.55. The van der Waals surface area contributed by atoms with Gasteiger partial charge in [0.2, 0.25) is 0 Å². The molecular formula is C7H14O5. The first-order valence-electron chi connectivity index (χ1n) is 3.55. The molecule has 1 N–H and O–H groups in total. The zero-order chi connectivity index (χ0) is 9.61. The Kier molecular flexibility index (Phi) is 4.61. The monoisotopic (exact) mass is 178 g/mol. The van der Waals surface area contributed by atoms with E-state index in [1.54, 1.807) is 7.11 Å². The van der Waals surface area contributed by atoms with Crippen LogP contribution in [-0.2, 0) is 14.5 Å². The van der Waals surface area contributed by atoms with Gasteiger partial charge >= 0.3 is 6.16 Å². The molecule has 0 aromatic rings. The molecule has 0 fully saturated rings. The maximum atomic E-state index is 9.81. The minimum Gasteiger partial charge on any atom is -0.448 e. The molecule has 0 saturated heterocycles. The van der Waals surface area contributed by atoms with Crippen molar-refractivity contribution in [1.29, 1.82) is 0 Å². The molecule has 0 radical (unpaired) electrons. The van der Waals surface area contributed by atoms with Gasteiger partial charge in [0.15, 0.2) is 0 Å². The molecule has 12 heavy (non-hydrogen) atoms. The third kappa shape index (κ3) is 5.94. The fraction of sp³-hybridized carbons (Fsp3) is 0.857. The third-order valence-corrected chi connectivity index (χ3v) is 1.47. The molecule has 0 aliphatic heterocycles. The van der Waals surface area contributed by atoms with Gasteiger partial charge in [-0.3, -0.25) is 4.89 Å².